The molecule has 0 aromatic carbocycles. The molecule has 0 heterocycles. The van der Waals surface area contributed by atoms with Crippen molar-refractivity contribution in [3.8, 4) is 0 Å². The van der Waals surface area contributed by atoms with Gasteiger partial charge in [0.2, 0.25) is 0 Å². The largest absolute Gasteiger partial charge is 0.250 e. The molecule has 2 heteroatoms. The van der Waals surface area contributed by atoms with Crippen LogP contribution in [0.25, 0.3) is 0 Å². The molecular weight excluding hydrogens is 178 g/mol. The summed E-state index contributed by atoms with van der Waals surface area (Å²) < 4.78 is 0. The zero-order chi connectivity index (χ0) is 10.1. The smallest absolute Gasteiger partial charge is 0.0601 e. The van der Waals surface area contributed by atoms with Gasteiger partial charge in [-0.15, -0.1) is 11.8 Å². The predicted molar refractivity (Wildman–Crippen MR) is 64.3 cm³/mol. The van der Waals surface area contributed by atoms with E-state index in [0.29, 0.717) is 0 Å². The fourth-order valence-corrected chi connectivity index (χ4v) is 0.895. The lowest BCUT2D eigenvalue weighted by atomic mass is 10.2. The van der Waals surface area contributed by atoms with Crippen molar-refractivity contribution in [2.24, 2.45) is 4.99 Å². The molecule has 0 unspecified atom stereocenters. The Hall–Kier alpha value is -0.760. The van der Waals surface area contributed by atoms with Crippen LogP contribution in [0.3, 0.4) is 0 Å². The monoisotopic (exact) mass is 195 g/mol. The van der Waals surface area contributed by atoms with Gasteiger partial charge < -0.3 is 0 Å². The highest BCUT2D eigenvalue weighted by atomic mass is 32.2. The van der Waals surface area contributed by atoms with Crippen LogP contribution in [0.4, 0.5) is 0 Å². The molecule has 0 aromatic rings. The van der Waals surface area contributed by atoms with Gasteiger partial charge in [-0.05, 0) is 25.2 Å². The zero-order valence-corrected chi connectivity index (χ0v) is 9.40. The van der Waals surface area contributed by atoms with Gasteiger partial charge in [0.25, 0.3) is 0 Å². The third-order valence-electron chi connectivity index (χ3n) is 1.49. The average molecular weight is 195 g/mol. The Balaban J connectivity index is 4.16. The lowest BCUT2D eigenvalue weighted by Gasteiger charge is -1.96. The maximum atomic E-state index is 4.16. The van der Waals surface area contributed by atoms with Crippen molar-refractivity contribution in [2.75, 3.05) is 6.26 Å². The summed E-state index contributed by atoms with van der Waals surface area (Å²) in [6, 6.07) is 0. The van der Waals surface area contributed by atoms with Crippen molar-refractivity contribution in [1.82, 2.24) is 0 Å². The molecule has 72 valence electrons. The normalized spacial score (nSPS) is 13.0. The average Bonchev–Trinajstić information content (AvgIpc) is 2.14. The molecule has 13 heavy (non-hydrogen) atoms. The molecule has 0 radical (unpaired) electrons. The van der Waals surface area contributed by atoms with Gasteiger partial charge in [0.05, 0.1) is 11.2 Å². The second-order valence-electron chi connectivity index (χ2n) is 2.60. The first-order valence-corrected chi connectivity index (χ1v) is 5.59. The molecule has 0 aliphatic heterocycles. The van der Waals surface area contributed by atoms with Gasteiger partial charge in [-0.25, -0.2) is 0 Å². The van der Waals surface area contributed by atoms with Crippen molar-refractivity contribution < 1.29 is 0 Å². The number of allylic oxidation sites excluding steroid dienone is 4. The van der Waals surface area contributed by atoms with Crippen LogP contribution >= 0.6 is 11.8 Å². The minimum Gasteiger partial charge on any atom is -0.250 e. The molecule has 0 fully saturated rings. The van der Waals surface area contributed by atoms with Crippen LogP contribution in [-0.2, 0) is 0 Å². The van der Waals surface area contributed by atoms with Gasteiger partial charge in [-0.2, -0.15) is 0 Å². The van der Waals surface area contributed by atoms with Crippen molar-refractivity contribution in [1.29, 1.82) is 0 Å². The third kappa shape index (κ3) is 6.41. The Kier molecular flexibility index (Phi) is 7.41. The number of hydrogen-bond acceptors (Lipinski definition) is 2. The second-order valence-corrected chi connectivity index (χ2v) is 3.29. The van der Waals surface area contributed by atoms with Crippen LogP contribution in [-0.4, -0.2) is 11.8 Å². The summed E-state index contributed by atoms with van der Waals surface area (Å²) in [6.45, 7) is 7.98. The van der Waals surface area contributed by atoms with E-state index in [-0.39, 0.29) is 0 Å². The summed E-state index contributed by atoms with van der Waals surface area (Å²) in [6.07, 6.45) is 9.21. The van der Waals surface area contributed by atoms with Gasteiger partial charge in [0.15, 0.2) is 0 Å². The minimum absolute atomic E-state index is 0.829. The van der Waals surface area contributed by atoms with Crippen LogP contribution in [0, 0.1) is 0 Å². The lowest BCUT2D eigenvalue weighted by Crippen LogP contribution is -1.78. The molecule has 0 aromatic heterocycles. The molecule has 0 N–H and O–H groups in total. The van der Waals surface area contributed by atoms with Crippen LogP contribution in [0.2, 0.25) is 0 Å². The van der Waals surface area contributed by atoms with Crippen molar-refractivity contribution in [3.05, 3.63) is 36.1 Å². The van der Waals surface area contributed by atoms with E-state index in [9.17, 15) is 0 Å². The fourth-order valence-electron chi connectivity index (χ4n) is 0.663. The van der Waals surface area contributed by atoms with Crippen LogP contribution in [0.15, 0.2) is 41.1 Å². The van der Waals surface area contributed by atoms with E-state index in [1.165, 1.54) is 0 Å². The van der Waals surface area contributed by atoms with Crippen LogP contribution in [0.1, 0.15) is 20.3 Å². The predicted octanol–water partition coefficient (Wildman–Crippen LogP) is 3.80. The molecule has 0 amide bonds. The summed E-state index contributed by atoms with van der Waals surface area (Å²) >= 11 is 1.58. The zero-order valence-electron chi connectivity index (χ0n) is 8.58. The molecule has 0 aliphatic rings. The van der Waals surface area contributed by atoms with E-state index >= 15 is 0 Å². The highest BCUT2D eigenvalue weighted by Gasteiger charge is 1.89. The summed E-state index contributed by atoms with van der Waals surface area (Å²) in [5.41, 5.74) is 3.73. The number of thioether (sulfide) groups is 1. The van der Waals surface area contributed by atoms with Gasteiger partial charge in [-0.1, -0.05) is 31.7 Å². The SMILES string of the molecule is C=C(N=CSC)C(C)=CC=CCC. The number of aliphatic imine (C=N–C) groups is 1. The van der Waals surface area contributed by atoms with E-state index < -0.39 is 0 Å². The number of rotatable bonds is 5. The molecule has 0 saturated heterocycles. The summed E-state index contributed by atoms with van der Waals surface area (Å²) in [5, 5.41) is 0. The van der Waals surface area contributed by atoms with Gasteiger partial charge in [-0.3, -0.25) is 4.99 Å². The van der Waals surface area contributed by atoms with E-state index in [1.54, 1.807) is 17.3 Å². The Morgan fingerprint density at radius 2 is 2.23 bits per heavy atom. The highest BCUT2D eigenvalue weighted by Crippen LogP contribution is 2.08. The van der Waals surface area contributed by atoms with Crippen molar-refractivity contribution in [2.45, 2.75) is 20.3 Å². The van der Waals surface area contributed by atoms with Crippen LogP contribution < -0.4 is 0 Å². The first-order chi connectivity index (χ1) is 6.22. The Bertz CT molecular complexity index is 236. The Morgan fingerprint density at radius 3 is 2.77 bits per heavy atom. The first-order valence-electron chi connectivity index (χ1n) is 4.30. The van der Waals surface area contributed by atoms with Crippen molar-refractivity contribution in [3.63, 3.8) is 0 Å². The highest BCUT2D eigenvalue weighted by molar-refractivity contribution is 8.11. The van der Waals surface area contributed by atoms with E-state index in [0.717, 1.165) is 17.7 Å². The first kappa shape index (κ1) is 12.2. The van der Waals surface area contributed by atoms with Gasteiger partial charge in [0, 0.05) is 0 Å². The van der Waals surface area contributed by atoms with Crippen molar-refractivity contribution >= 4 is 17.3 Å². The molecule has 0 atom stereocenters. The van der Waals surface area contributed by atoms with Crippen LogP contribution in [0.5, 0.6) is 0 Å². The third-order valence-corrected chi connectivity index (χ3v) is 1.80. The molecule has 0 saturated carbocycles. The summed E-state index contributed by atoms with van der Waals surface area (Å²) in [5.74, 6) is 0. The molecule has 0 aliphatic carbocycles. The maximum absolute atomic E-state index is 4.16. The quantitative estimate of drug-likeness (QED) is 0.369. The summed E-state index contributed by atoms with van der Waals surface area (Å²) in [4.78, 5) is 4.16. The topological polar surface area (TPSA) is 12.4 Å². The van der Waals surface area contributed by atoms with Gasteiger partial charge >= 0.3 is 0 Å². The standard InChI is InChI=1S/C11H17NS/c1-5-6-7-8-10(2)11(3)12-9-13-4/h6-9H,3,5H2,1-2,4H3. The maximum Gasteiger partial charge on any atom is 0.0601 e. The summed E-state index contributed by atoms with van der Waals surface area (Å²) in [7, 11) is 0. The molecule has 0 rings (SSSR count). The lowest BCUT2D eigenvalue weighted by molar-refractivity contribution is 1.22. The number of nitrogens with zero attached hydrogens (tertiary/aromatic N) is 1. The van der Waals surface area contributed by atoms with E-state index in [2.05, 4.69) is 24.6 Å². The fraction of sp³-hybridized carbons (Fsp3) is 0.364. The molecule has 1 nitrogen and oxygen atoms in total. The molecular formula is C11H17NS. The van der Waals surface area contributed by atoms with E-state index in [1.807, 2.05) is 25.3 Å². The Morgan fingerprint density at radius 1 is 1.54 bits per heavy atom. The number of hydrogen-bond donors (Lipinski definition) is 0. The Labute approximate surface area is 85.3 Å². The second kappa shape index (κ2) is 7.87. The molecule has 0 spiro atoms. The molecule has 0 bridgehead atoms. The van der Waals surface area contributed by atoms with E-state index in [4.69, 9.17) is 0 Å². The van der Waals surface area contributed by atoms with Gasteiger partial charge in [0.1, 0.15) is 0 Å². The minimum atomic E-state index is 0.829.